The standard InChI is InChI=1S/C30H33N5O5S2/c1-30(2,3)40-29(39)33-24(19-7-5-4-6-8-19)27(38)35-17-41-16-23(35)26(37)34-28-32-22(15-42-28)18-9-11-20(12-10-18)25(36)31-21-13-14-21/h4-12,15,21,23-24H,13-14,16-17H2,1-3H3,(H,31,36)(H,33,39)(H,32,34,37)/t23-,24+/m0/s1. The second-order valence-electron chi connectivity index (χ2n) is 11.2. The van der Waals surface area contributed by atoms with Gasteiger partial charge in [0.05, 0.1) is 11.6 Å². The number of hydrogen-bond acceptors (Lipinski definition) is 8. The average molecular weight is 608 g/mol. The quantitative estimate of drug-likeness (QED) is 0.335. The molecule has 1 saturated carbocycles. The lowest BCUT2D eigenvalue weighted by atomic mass is 10.0. The molecule has 2 aliphatic rings. The second kappa shape index (κ2) is 12.5. The third kappa shape index (κ3) is 7.48. The van der Waals surface area contributed by atoms with Crippen molar-refractivity contribution in [3.8, 4) is 11.3 Å². The summed E-state index contributed by atoms with van der Waals surface area (Å²) in [5.41, 5.74) is 1.93. The van der Waals surface area contributed by atoms with Crippen LogP contribution in [0.25, 0.3) is 11.3 Å². The fourth-order valence-corrected chi connectivity index (χ4v) is 6.23. The SMILES string of the molecule is CC(C)(C)OC(=O)N[C@@H](C(=O)N1CSC[C@H]1C(=O)Nc1nc(-c2ccc(C(=O)NC3CC3)cc2)cs1)c1ccccc1. The summed E-state index contributed by atoms with van der Waals surface area (Å²) in [5.74, 6) is -0.123. The molecule has 10 nitrogen and oxygen atoms in total. The molecule has 2 fully saturated rings. The summed E-state index contributed by atoms with van der Waals surface area (Å²) < 4.78 is 5.40. The summed E-state index contributed by atoms with van der Waals surface area (Å²) in [4.78, 5) is 58.0. The van der Waals surface area contributed by atoms with Crippen LogP contribution >= 0.6 is 23.1 Å². The Morgan fingerprint density at radius 2 is 1.74 bits per heavy atom. The van der Waals surface area contributed by atoms with Gasteiger partial charge >= 0.3 is 6.09 Å². The highest BCUT2D eigenvalue weighted by molar-refractivity contribution is 7.99. The maximum absolute atomic E-state index is 13.8. The van der Waals surface area contributed by atoms with E-state index in [4.69, 9.17) is 4.74 Å². The number of nitrogens with zero attached hydrogens (tertiary/aromatic N) is 2. The van der Waals surface area contributed by atoms with E-state index in [1.807, 2.05) is 23.6 Å². The molecule has 1 saturated heterocycles. The van der Waals surface area contributed by atoms with Crippen LogP contribution in [0.3, 0.4) is 0 Å². The maximum atomic E-state index is 13.8. The molecule has 0 bridgehead atoms. The number of ether oxygens (including phenoxy) is 1. The first kappa shape index (κ1) is 29.6. The lowest BCUT2D eigenvalue weighted by Crippen LogP contribution is -2.50. The van der Waals surface area contributed by atoms with Crippen LogP contribution in [0.5, 0.6) is 0 Å². The summed E-state index contributed by atoms with van der Waals surface area (Å²) in [6, 6.07) is 14.6. The van der Waals surface area contributed by atoms with E-state index in [9.17, 15) is 19.2 Å². The number of thiazole rings is 1. The Kier molecular flexibility index (Phi) is 8.83. The summed E-state index contributed by atoms with van der Waals surface area (Å²) in [7, 11) is 0. The number of carbonyl (C=O) groups excluding carboxylic acids is 4. The Morgan fingerprint density at radius 3 is 2.40 bits per heavy atom. The van der Waals surface area contributed by atoms with E-state index in [-0.39, 0.29) is 17.9 Å². The van der Waals surface area contributed by atoms with Crippen LogP contribution in [0.1, 0.15) is 55.6 Å². The molecule has 1 aromatic heterocycles. The van der Waals surface area contributed by atoms with Gasteiger partial charge in [-0.05, 0) is 51.3 Å². The molecule has 1 aliphatic heterocycles. The minimum Gasteiger partial charge on any atom is -0.444 e. The number of benzene rings is 2. The predicted molar refractivity (Wildman–Crippen MR) is 163 cm³/mol. The van der Waals surface area contributed by atoms with Crippen molar-refractivity contribution in [2.24, 2.45) is 0 Å². The van der Waals surface area contributed by atoms with Crippen molar-refractivity contribution in [2.45, 2.75) is 57.3 Å². The number of anilines is 1. The summed E-state index contributed by atoms with van der Waals surface area (Å²) >= 11 is 2.74. The molecule has 3 N–H and O–H groups in total. The largest absolute Gasteiger partial charge is 0.444 e. The Balaban J connectivity index is 1.25. The number of nitrogens with one attached hydrogen (secondary N) is 3. The van der Waals surface area contributed by atoms with Crippen LogP contribution in [0.4, 0.5) is 9.93 Å². The van der Waals surface area contributed by atoms with Gasteiger partial charge in [0, 0.05) is 28.3 Å². The lowest BCUT2D eigenvalue weighted by molar-refractivity contribution is -0.138. The summed E-state index contributed by atoms with van der Waals surface area (Å²) in [6.07, 6.45) is 1.34. The molecule has 2 aromatic carbocycles. The first-order chi connectivity index (χ1) is 20.1. The van der Waals surface area contributed by atoms with Gasteiger partial charge in [-0.25, -0.2) is 9.78 Å². The molecule has 0 spiro atoms. The number of hydrogen-bond donors (Lipinski definition) is 3. The smallest absolute Gasteiger partial charge is 0.408 e. The highest BCUT2D eigenvalue weighted by atomic mass is 32.2. The average Bonchev–Trinajstić information content (AvgIpc) is 3.42. The summed E-state index contributed by atoms with van der Waals surface area (Å²) in [5, 5.41) is 10.7. The van der Waals surface area contributed by atoms with E-state index in [0.717, 1.165) is 18.4 Å². The third-order valence-corrected chi connectivity index (χ3v) is 8.37. The minimum atomic E-state index is -1.02. The topological polar surface area (TPSA) is 130 Å². The van der Waals surface area contributed by atoms with Gasteiger partial charge < -0.3 is 25.6 Å². The van der Waals surface area contributed by atoms with E-state index in [1.54, 1.807) is 57.2 Å². The predicted octanol–water partition coefficient (Wildman–Crippen LogP) is 4.81. The number of thioether (sulfide) groups is 1. The van der Waals surface area contributed by atoms with Crippen molar-refractivity contribution < 1.29 is 23.9 Å². The Morgan fingerprint density at radius 1 is 1.02 bits per heavy atom. The van der Waals surface area contributed by atoms with Gasteiger partial charge in [-0.2, -0.15) is 0 Å². The third-order valence-electron chi connectivity index (χ3n) is 6.60. The number of alkyl carbamates (subject to hydrolysis) is 1. The Labute approximate surface area is 252 Å². The number of rotatable bonds is 8. The second-order valence-corrected chi connectivity index (χ2v) is 13.0. The molecule has 220 valence electrons. The minimum absolute atomic E-state index is 0.0837. The van der Waals surface area contributed by atoms with Crippen LogP contribution in [-0.2, 0) is 14.3 Å². The van der Waals surface area contributed by atoms with Crippen LogP contribution < -0.4 is 16.0 Å². The molecule has 2 atom stereocenters. The monoisotopic (exact) mass is 607 g/mol. The number of carbonyl (C=O) groups is 4. The number of amides is 4. The van der Waals surface area contributed by atoms with E-state index in [1.165, 1.54) is 28.0 Å². The van der Waals surface area contributed by atoms with Gasteiger partial charge in [-0.15, -0.1) is 23.1 Å². The van der Waals surface area contributed by atoms with Gasteiger partial charge in [0.1, 0.15) is 17.7 Å². The molecular weight excluding hydrogens is 574 g/mol. The molecule has 5 rings (SSSR count). The van der Waals surface area contributed by atoms with Gasteiger partial charge in [0.25, 0.3) is 11.8 Å². The zero-order valence-corrected chi connectivity index (χ0v) is 25.2. The highest BCUT2D eigenvalue weighted by Crippen LogP contribution is 2.29. The molecule has 0 unspecified atom stereocenters. The van der Waals surface area contributed by atoms with Crippen molar-refractivity contribution in [1.82, 2.24) is 20.5 Å². The first-order valence-electron chi connectivity index (χ1n) is 13.7. The van der Waals surface area contributed by atoms with Crippen molar-refractivity contribution in [3.63, 3.8) is 0 Å². The Hall–Kier alpha value is -3.90. The van der Waals surface area contributed by atoms with E-state index >= 15 is 0 Å². The summed E-state index contributed by atoms with van der Waals surface area (Å²) in [6.45, 7) is 5.24. The molecule has 2 heterocycles. The molecular formula is C30H33N5O5S2. The molecule has 12 heteroatoms. The first-order valence-corrected chi connectivity index (χ1v) is 15.7. The fourth-order valence-electron chi connectivity index (χ4n) is 4.34. The van der Waals surface area contributed by atoms with Crippen LogP contribution in [-0.4, -0.2) is 63.0 Å². The zero-order chi connectivity index (χ0) is 29.9. The Bertz CT molecular complexity index is 1450. The van der Waals surface area contributed by atoms with Gasteiger partial charge in [0.2, 0.25) is 5.91 Å². The lowest BCUT2D eigenvalue weighted by Gasteiger charge is -2.29. The zero-order valence-electron chi connectivity index (χ0n) is 23.6. The van der Waals surface area contributed by atoms with Crippen molar-refractivity contribution in [2.75, 3.05) is 16.9 Å². The molecule has 0 radical (unpaired) electrons. The van der Waals surface area contributed by atoms with Crippen molar-refractivity contribution >= 4 is 52.0 Å². The van der Waals surface area contributed by atoms with Crippen LogP contribution in [0, 0.1) is 0 Å². The molecule has 42 heavy (non-hydrogen) atoms. The molecule has 4 amide bonds. The van der Waals surface area contributed by atoms with Crippen LogP contribution in [0.2, 0.25) is 0 Å². The van der Waals surface area contributed by atoms with Gasteiger partial charge in [-0.3, -0.25) is 14.4 Å². The van der Waals surface area contributed by atoms with E-state index in [0.29, 0.717) is 33.6 Å². The van der Waals surface area contributed by atoms with Crippen LogP contribution in [0.15, 0.2) is 60.0 Å². The maximum Gasteiger partial charge on any atom is 0.408 e. The normalized spacial score (nSPS) is 17.3. The molecule has 3 aromatic rings. The van der Waals surface area contributed by atoms with Gasteiger partial charge in [-0.1, -0.05) is 42.5 Å². The molecule has 1 aliphatic carbocycles. The number of aromatic nitrogens is 1. The van der Waals surface area contributed by atoms with E-state index in [2.05, 4.69) is 20.9 Å². The highest BCUT2D eigenvalue weighted by Gasteiger charge is 2.39. The van der Waals surface area contributed by atoms with Crippen molar-refractivity contribution in [3.05, 3.63) is 71.1 Å². The van der Waals surface area contributed by atoms with E-state index < -0.39 is 29.7 Å². The van der Waals surface area contributed by atoms with Gasteiger partial charge in [0.15, 0.2) is 5.13 Å². The van der Waals surface area contributed by atoms with Crippen molar-refractivity contribution in [1.29, 1.82) is 0 Å². The fraction of sp³-hybridized carbons (Fsp3) is 0.367.